The van der Waals surface area contributed by atoms with Crippen LogP contribution in [0.15, 0.2) is 41.1 Å². The van der Waals surface area contributed by atoms with Gasteiger partial charge in [-0.25, -0.2) is 4.39 Å². The van der Waals surface area contributed by atoms with Gasteiger partial charge >= 0.3 is 0 Å². The molecule has 1 heterocycles. The van der Waals surface area contributed by atoms with Crippen LogP contribution in [-0.4, -0.2) is 18.6 Å². The summed E-state index contributed by atoms with van der Waals surface area (Å²) in [6, 6.07) is 6.87. The largest absolute Gasteiger partial charge is 0.495 e. The minimum absolute atomic E-state index is 0.263. The highest BCUT2D eigenvalue weighted by molar-refractivity contribution is 9.10. The third kappa shape index (κ3) is 3.16. The fourth-order valence-corrected chi connectivity index (χ4v) is 2.44. The molecule has 3 nitrogen and oxygen atoms in total. The summed E-state index contributed by atoms with van der Waals surface area (Å²) >= 11 is 3.22. The molecule has 0 spiro atoms. The summed E-state index contributed by atoms with van der Waals surface area (Å²) in [5.74, 6) is 0.391. The number of pyridine rings is 1. The van der Waals surface area contributed by atoms with Gasteiger partial charge in [-0.15, -0.1) is 0 Å². The van der Waals surface area contributed by atoms with Gasteiger partial charge in [-0.1, -0.05) is 19.1 Å². The van der Waals surface area contributed by atoms with Gasteiger partial charge in [0.2, 0.25) is 0 Å². The van der Waals surface area contributed by atoms with Gasteiger partial charge in [0, 0.05) is 11.8 Å². The number of nitrogens with zero attached hydrogens (tertiary/aromatic N) is 1. The lowest BCUT2D eigenvalue weighted by molar-refractivity contribution is 0.411. The Morgan fingerprint density at radius 2 is 2.20 bits per heavy atom. The highest BCUT2D eigenvalue weighted by atomic mass is 79.9. The molecule has 0 amide bonds. The Balaban J connectivity index is 2.47. The third-order valence-corrected chi connectivity index (χ3v) is 3.62. The van der Waals surface area contributed by atoms with E-state index in [0.29, 0.717) is 22.3 Å². The maximum Gasteiger partial charge on any atom is 0.142 e. The minimum atomic E-state index is -0.264. The number of halogens is 2. The summed E-state index contributed by atoms with van der Waals surface area (Å²) in [6.45, 7) is 2.70. The van der Waals surface area contributed by atoms with E-state index in [1.165, 1.54) is 0 Å². The van der Waals surface area contributed by atoms with Gasteiger partial charge in [-0.2, -0.15) is 0 Å². The lowest BCUT2D eigenvalue weighted by Crippen LogP contribution is -2.23. The highest BCUT2D eigenvalue weighted by Crippen LogP contribution is 2.29. The summed E-state index contributed by atoms with van der Waals surface area (Å²) in [7, 11) is 1.59. The van der Waals surface area contributed by atoms with Gasteiger partial charge in [0.1, 0.15) is 11.6 Å². The van der Waals surface area contributed by atoms with E-state index in [0.717, 1.165) is 5.56 Å². The molecule has 0 saturated heterocycles. The Morgan fingerprint density at radius 1 is 1.40 bits per heavy atom. The zero-order valence-electron chi connectivity index (χ0n) is 11.4. The molecule has 0 bridgehead atoms. The molecule has 0 aliphatic carbocycles. The van der Waals surface area contributed by atoms with Crippen molar-refractivity contribution in [1.29, 1.82) is 0 Å². The quantitative estimate of drug-likeness (QED) is 0.902. The van der Waals surface area contributed by atoms with Gasteiger partial charge in [0.15, 0.2) is 0 Å². The van der Waals surface area contributed by atoms with Crippen molar-refractivity contribution in [2.24, 2.45) is 0 Å². The number of nitrogens with one attached hydrogen (secondary N) is 1. The molecule has 2 rings (SSSR count). The zero-order valence-corrected chi connectivity index (χ0v) is 12.9. The van der Waals surface area contributed by atoms with Crippen molar-refractivity contribution in [2.45, 2.75) is 13.0 Å². The number of rotatable bonds is 5. The van der Waals surface area contributed by atoms with Crippen LogP contribution in [0.5, 0.6) is 5.75 Å². The van der Waals surface area contributed by atoms with Crippen molar-refractivity contribution in [3.63, 3.8) is 0 Å². The molecule has 1 N–H and O–H groups in total. The summed E-state index contributed by atoms with van der Waals surface area (Å²) < 4.78 is 19.9. The number of ether oxygens (including phenoxy) is 1. The maximum absolute atomic E-state index is 14.3. The molecule has 0 aliphatic rings. The lowest BCUT2D eigenvalue weighted by atomic mass is 9.99. The number of hydrogen-bond donors (Lipinski definition) is 1. The van der Waals surface area contributed by atoms with Crippen molar-refractivity contribution in [2.75, 3.05) is 13.7 Å². The Bertz CT molecular complexity index is 592. The fraction of sp³-hybridized carbons (Fsp3) is 0.267. The van der Waals surface area contributed by atoms with Gasteiger partial charge < -0.3 is 10.1 Å². The molecular weight excluding hydrogens is 323 g/mol. The molecule has 1 aromatic heterocycles. The number of benzene rings is 1. The van der Waals surface area contributed by atoms with Crippen molar-refractivity contribution < 1.29 is 9.13 Å². The smallest absolute Gasteiger partial charge is 0.142 e. The van der Waals surface area contributed by atoms with Crippen molar-refractivity contribution >= 4 is 15.9 Å². The SMILES string of the molecule is CCNC(c1cncc(OC)c1)c1cccc(Br)c1F. The first-order valence-corrected chi connectivity index (χ1v) is 7.13. The van der Waals surface area contributed by atoms with Gasteiger partial charge in [-0.3, -0.25) is 4.98 Å². The number of methoxy groups -OCH3 is 1. The molecule has 0 saturated carbocycles. The molecule has 2 aromatic rings. The van der Waals surface area contributed by atoms with Crippen LogP contribution >= 0.6 is 15.9 Å². The van der Waals surface area contributed by atoms with Gasteiger partial charge in [0.25, 0.3) is 0 Å². The van der Waals surface area contributed by atoms with Gasteiger partial charge in [0.05, 0.1) is 23.8 Å². The Hall–Kier alpha value is -1.46. The molecule has 20 heavy (non-hydrogen) atoms. The minimum Gasteiger partial charge on any atom is -0.495 e. The molecule has 5 heteroatoms. The Labute approximate surface area is 126 Å². The summed E-state index contributed by atoms with van der Waals surface area (Å²) in [4.78, 5) is 4.14. The molecule has 1 unspecified atom stereocenters. The fourth-order valence-electron chi connectivity index (χ4n) is 2.06. The molecule has 106 valence electrons. The first-order valence-electron chi connectivity index (χ1n) is 6.33. The van der Waals surface area contributed by atoms with E-state index in [4.69, 9.17) is 4.74 Å². The van der Waals surface area contributed by atoms with Crippen LogP contribution in [0.2, 0.25) is 0 Å². The van der Waals surface area contributed by atoms with E-state index in [1.54, 1.807) is 31.6 Å². The van der Waals surface area contributed by atoms with Crippen molar-refractivity contribution in [3.05, 3.63) is 58.1 Å². The van der Waals surface area contributed by atoms with E-state index < -0.39 is 0 Å². The second kappa shape index (κ2) is 6.81. The predicted molar refractivity (Wildman–Crippen MR) is 80.4 cm³/mol. The number of hydrogen-bond acceptors (Lipinski definition) is 3. The van der Waals surface area contributed by atoms with E-state index >= 15 is 0 Å². The second-order valence-electron chi connectivity index (χ2n) is 4.29. The van der Waals surface area contributed by atoms with Crippen molar-refractivity contribution in [1.82, 2.24) is 10.3 Å². The molecule has 0 fully saturated rings. The summed E-state index contributed by atoms with van der Waals surface area (Å²) in [6.07, 6.45) is 3.35. The summed E-state index contributed by atoms with van der Waals surface area (Å²) in [5, 5.41) is 3.28. The average Bonchev–Trinajstić information content (AvgIpc) is 2.48. The summed E-state index contributed by atoms with van der Waals surface area (Å²) in [5.41, 5.74) is 1.44. The molecular formula is C15H16BrFN2O. The van der Waals surface area contributed by atoms with E-state index in [9.17, 15) is 4.39 Å². The van der Waals surface area contributed by atoms with Crippen molar-refractivity contribution in [3.8, 4) is 5.75 Å². The normalized spacial score (nSPS) is 12.2. The maximum atomic E-state index is 14.3. The zero-order chi connectivity index (χ0) is 14.5. The lowest BCUT2D eigenvalue weighted by Gasteiger charge is -2.20. The molecule has 1 aromatic carbocycles. The Morgan fingerprint density at radius 3 is 2.90 bits per heavy atom. The van der Waals surface area contributed by atoms with Crippen LogP contribution in [0.3, 0.4) is 0 Å². The van der Waals surface area contributed by atoms with E-state index in [1.807, 2.05) is 19.1 Å². The second-order valence-corrected chi connectivity index (χ2v) is 5.15. The van der Waals surface area contributed by atoms with Crippen LogP contribution in [0, 0.1) is 5.82 Å². The standard InChI is InChI=1S/C15H16BrFN2O/c1-3-19-15(10-7-11(20-2)9-18-8-10)12-5-4-6-13(16)14(12)17/h4-9,15,19H,3H2,1-2H3. The first-order chi connectivity index (χ1) is 9.67. The van der Waals surface area contributed by atoms with Crippen LogP contribution in [-0.2, 0) is 0 Å². The number of aromatic nitrogens is 1. The highest BCUT2D eigenvalue weighted by Gasteiger charge is 2.19. The van der Waals surface area contributed by atoms with Crippen LogP contribution in [0.4, 0.5) is 4.39 Å². The van der Waals surface area contributed by atoms with Gasteiger partial charge in [-0.05, 0) is 40.2 Å². The van der Waals surface area contributed by atoms with E-state index in [2.05, 4.69) is 26.2 Å². The molecule has 0 aliphatic heterocycles. The third-order valence-electron chi connectivity index (χ3n) is 3.00. The predicted octanol–water partition coefficient (Wildman–Crippen LogP) is 3.69. The van der Waals surface area contributed by atoms with Crippen LogP contribution < -0.4 is 10.1 Å². The molecule has 1 atom stereocenters. The van der Waals surface area contributed by atoms with Crippen LogP contribution in [0.25, 0.3) is 0 Å². The van der Waals surface area contributed by atoms with Crippen LogP contribution in [0.1, 0.15) is 24.1 Å². The first kappa shape index (κ1) is 14.9. The Kier molecular flexibility index (Phi) is 5.09. The topological polar surface area (TPSA) is 34.2 Å². The molecule has 0 radical (unpaired) electrons. The van der Waals surface area contributed by atoms with E-state index in [-0.39, 0.29) is 11.9 Å². The average molecular weight is 339 g/mol. The monoisotopic (exact) mass is 338 g/mol.